The maximum absolute atomic E-state index is 11.5. The van der Waals surface area contributed by atoms with Crippen molar-refractivity contribution < 1.29 is 9.53 Å². The molecule has 0 fully saturated rings. The molecule has 0 N–H and O–H groups in total. The van der Waals surface area contributed by atoms with E-state index in [1.807, 2.05) is 0 Å². The highest BCUT2D eigenvalue weighted by atomic mass is 16.5. The number of aromatic nitrogens is 1. The maximum atomic E-state index is 11.5. The molecule has 0 amide bonds. The average Bonchev–Trinajstić information content (AvgIpc) is 2.98. The zero-order chi connectivity index (χ0) is 15.9. The third kappa shape index (κ3) is 2.41. The van der Waals surface area contributed by atoms with Crippen LogP contribution >= 0.6 is 0 Å². The molecular weight excluding hydrogens is 276 g/mol. The highest BCUT2D eigenvalue weighted by molar-refractivity contribution is 5.88. The van der Waals surface area contributed by atoms with Gasteiger partial charge in [-0.1, -0.05) is 0 Å². The van der Waals surface area contributed by atoms with E-state index in [1.54, 1.807) is 0 Å². The van der Waals surface area contributed by atoms with Crippen LogP contribution in [0.3, 0.4) is 0 Å². The highest BCUT2D eigenvalue weighted by Gasteiger charge is 2.21. The Balaban J connectivity index is 2.09. The maximum Gasteiger partial charge on any atom is 0.305 e. The van der Waals surface area contributed by atoms with Crippen molar-refractivity contribution in [3.63, 3.8) is 0 Å². The minimum absolute atomic E-state index is 0.141. The standard InChI is InChI=1S/C18H24N2O2/c1-5-20-12(2)15(6-7-18(21)22-4)16-8-13-10-19(3)11-14(13)9-17(16)20/h8-9H,5-7,10-11H2,1-4H3. The molecule has 0 saturated carbocycles. The molecule has 0 atom stereocenters. The summed E-state index contributed by atoms with van der Waals surface area (Å²) in [4.78, 5) is 13.8. The number of fused-ring (bicyclic) bond motifs is 2. The van der Waals surface area contributed by atoms with Gasteiger partial charge in [-0.25, -0.2) is 0 Å². The summed E-state index contributed by atoms with van der Waals surface area (Å²) in [6.45, 7) is 7.33. The van der Waals surface area contributed by atoms with Crippen molar-refractivity contribution in [1.29, 1.82) is 0 Å². The van der Waals surface area contributed by atoms with Crippen LogP contribution in [-0.4, -0.2) is 29.6 Å². The Morgan fingerprint density at radius 1 is 1.27 bits per heavy atom. The van der Waals surface area contributed by atoms with Crippen molar-refractivity contribution in [2.45, 2.75) is 46.3 Å². The number of nitrogens with zero attached hydrogens (tertiary/aromatic N) is 2. The van der Waals surface area contributed by atoms with Crippen molar-refractivity contribution in [2.24, 2.45) is 0 Å². The first-order chi connectivity index (χ1) is 10.5. The van der Waals surface area contributed by atoms with E-state index in [1.165, 1.54) is 40.4 Å². The molecule has 1 aliphatic rings. The van der Waals surface area contributed by atoms with E-state index in [4.69, 9.17) is 4.74 Å². The van der Waals surface area contributed by atoms with Crippen LogP contribution < -0.4 is 0 Å². The first-order valence-corrected chi connectivity index (χ1v) is 7.94. The summed E-state index contributed by atoms with van der Waals surface area (Å²) in [5.74, 6) is -0.141. The lowest BCUT2D eigenvalue weighted by Crippen LogP contribution is -2.07. The molecule has 4 nitrogen and oxygen atoms in total. The van der Waals surface area contributed by atoms with Crippen LogP contribution in [0.2, 0.25) is 0 Å². The number of hydrogen-bond acceptors (Lipinski definition) is 3. The van der Waals surface area contributed by atoms with E-state index in [-0.39, 0.29) is 5.97 Å². The summed E-state index contributed by atoms with van der Waals surface area (Å²) in [5, 5.41) is 1.30. The van der Waals surface area contributed by atoms with Gasteiger partial charge in [-0.15, -0.1) is 0 Å². The van der Waals surface area contributed by atoms with Crippen molar-refractivity contribution in [3.8, 4) is 0 Å². The molecule has 1 aromatic heterocycles. The molecule has 4 heteroatoms. The molecule has 0 saturated heterocycles. The molecular formula is C18H24N2O2. The van der Waals surface area contributed by atoms with Gasteiger partial charge in [-0.2, -0.15) is 0 Å². The van der Waals surface area contributed by atoms with Gasteiger partial charge in [0.1, 0.15) is 0 Å². The minimum Gasteiger partial charge on any atom is -0.469 e. The number of carbonyl (C=O) groups excluding carboxylic acids is 1. The molecule has 2 heterocycles. The fourth-order valence-electron chi connectivity index (χ4n) is 3.66. The van der Waals surface area contributed by atoms with Crippen LogP contribution in [0.15, 0.2) is 12.1 Å². The number of methoxy groups -OCH3 is 1. The molecule has 22 heavy (non-hydrogen) atoms. The first kappa shape index (κ1) is 15.1. The van der Waals surface area contributed by atoms with Crippen LogP contribution in [0, 0.1) is 6.92 Å². The van der Waals surface area contributed by atoms with Crippen LogP contribution in [0.1, 0.15) is 35.7 Å². The Kier molecular flexibility index (Phi) is 3.96. The van der Waals surface area contributed by atoms with Crippen molar-refractivity contribution >= 4 is 16.9 Å². The molecule has 2 aromatic rings. The molecule has 0 radical (unpaired) electrons. The third-order valence-electron chi connectivity index (χ3n) is 4.78. The summed E-state index contributed by atoms with van der Waals surface area (Å²) >= 11 is 0. The third-order valence-corrected chi connectivity index (χ3v) is 4.78. The van der Waals surface area contributed by atoms with Gasteiger partial charge in [-0.3, -0.25) is 9.69 Å². The fraction of sp³-hybridized carbons (Fsp3) is 0.500. The summed E-state index contributed by atoms with van der Waals surface area (Å²) in [6.07, 6.45) is 1.19. The van der Waals surface area contributed by atoms with Gasteiger partial charge >= 0.3 is 5.97 Å². The predicted molar refractivity (Wildman–Crippen MR) is 87.9 cm³/mol. The monoisotopic (exact) mass is 300 g/mol. The van der Waals surface area contributed by atoms with Crippen molar-refractivity contribution in [2.75, 3.05) is 14.2 Å². The van der Waals surface area contributed by atoms with Gasteiger partial charge in [0.05, 0.1) is 7.11 Å². The van der Waals surface area contributed by atoms with Gasteiger partial charge in [0.15, 0.2) is 0 Å². The van der Waals surface area contributed by atoms with Gasteiger partial charge in [-0.05, 0) is 56.1 Å². The Morgan fingerprint density at radius 2 is 1.95 bits per heavy atom. The van der Waals surface area contributed by atoms with Crippen LogP contribution in [0.25, 0.3) is 10.9 Å². The highest BCUT2D eigenvalue weighted by Crippen LogP contribution is 2.33. The minimum atomic E-state index is -0.141. The van der Waals surface area contributed by atoms with E-state index >= 15 is 0 Å². The lowest BCUT2D eigenvalue weighted by molar-refractivity contribution is -0.140. The zero-order valence-corrected chi connectivity index (χ0v) is 13.9. The Morgan fingerprint density at radius 3 is 2.59 bits per heavy atom. The number of benzene rings is 1. The second-order valence-corrected chi connectivity index (χ2v) is 6.19. The molecule has 1 aromatic carbocycles. The number of ether oxygens (including phenoxy) is 1. The summed E-state index contributed by atoms with van der Waals surface area (Å²) in [7, 11) is 3.61. The van der Waals surface area contributed by atoms with Crippen molar-refractivity contribution in [3.05, 3.63) is 34.5 Å². The molecule has 0 spiro atoms. The number of carbonyl (C=O) groups is 1. The van der Waals surface area contributed by atoms with E-state index < -0.39 is 0 Å². The van der Waals surface area contributed by atoms with Gasteiger partial charge in [0.25, 0.3) is 0 Å². The molecule has 1 aliphatic heterocycles. The normalized spacial score (nSPS) is 14.5. The van der Waals surface area contributed by atoms with Crippen LogP contribution in [0.5, 0.6) is 0 Å². The molecule has 3 rings (SSSR count). The van der Waals surface area contributed by atoms with E-state index in [9.17, 15) is 4.79 Å². The van der Waals surface area contributed by atoms with Gasteiger partial charge in [0, 0.05) is 42.7 Å². The quantitative estimate of drug-likeness (QED) is 0.814. The molecule has 0 aliphatic carbocycles. The topological polar surface area (TPSA) is 34.5 Å². The van der Waals surface area contributed by atoms with E-state index in [0.717, 1.165) is 26.1 Å². The van der Waals surface area contributed by atoms with Gasteiger partial charge < -0.3 is 9.30 Å². The SMILES string of the molecule is CCn1c(C)c(CCC(=O)OC)c2cc3c(cc21)CN(C)C3. The molecule has 0 unspecified atom stereocenters. The average molecular weight is 300 g/mol. The molecule has 118 valence electrons. The van der Waals surface area contributed by atoms with Crippen LogP contribution in [-0.2, 0) is 35.6 Å². The fourth-order valence-corrected chi connectivity index (χ4v) is 3.66. The largest absolute Gasteiger partial charge is 0.469 e. The van der Waals surface area contributed by atoms with E-state index in [0.29, 0.717) is 6.42 Å². The second kappa shape index (κ2) is 5.76. The Labute approximate surface area is 131 Å². The second-order valence-electron chi connectivity index (χ2n) is 6.19. The zero-order valence-electron chi connectivity index (χ0n) is 13.9. The number of rotatable bonds is 4. The Bertz CT molecular complexity index is 730. The smallest absolute Gasteiger partial charge is 0.305 e. The van der Waals surface area contributed by atoms with Crippen molar-refractivity contribution in [1.82, 2.24) is 9.47 Å². The summed E-state index contributed by atoms with van der Waals surface area (Å²) in [5.41, 5.74) is 6.72. The Hall–Kier alpha value is -1.81. The number of esters is 1. The molecule has 0 bridgehead atoms. The van der Waals surface area contributed by atoms with Gasteiger partial charge in [0.2, 0.25) is 0 Å². The van der Waals surface area contributed by atoms with Crippen LogP contribution in [0.4, 0.5) is 0 Å². The number of aryl methyl sites for hydroxylation is 2. The summed E-state index contributed by atoms with van der Waals surface area (Å²) in [6, 6.07) is 4.67. The van der Waals surface area contributed by atoms with E-state index in [2.05, 4.69) is 42.5 Å². The first-order valence-electron chi connectivity index (χ1n) is 7.94. The number of hydrogen-bond donors (Lipinski definition) is 0. The summed E-state index contributed by atoms with van der Waals surface area (Å²) < 4.78 is 7.15. The lowest BCUT2D eigenvalue weighted by Gasteiger charge is -2.05. The predicted octanol–water partition coefficient (Wildman–Crippen LogP) is 3.02. The lowest BCUT2D eigenvalue weighted by atomic mass is 10.0.